The van der Waals surface area contributed by atoms with Crippen molar-refractivity contribution >= 4 is 11.5 Å². The first-order chi connectivity index (χ1) is 17.4. The predicted octanol–water partition coefficient (Wildman–Crippen LogP) is 8.30. The zero-order valence-corrected chi connectivity index (χ0v) is 25.5. The number of para-hydroxylation sites is 1. The van der Waals surface area contributed by atoms with E-state index < -0.39 is 0 Å². The maximum atomic E-state index is 5.19. The molecule has 1 aliphatic carbocycles. The third-order valence-corrected chi connectivity index (χ3v) is 7.45. The van der Waals surface area contributed by atoms with Crippen LogP contribution in [0.2, 0.25) is 0 Å². The lowest BCUT2D eigenvalue weighted by Gasteiger charge is -2.32. The molecule has 0 saturated heterocycles. The number of benzene rings is 1. The molecule has 0 fully saturated rings. The molecule has 2 aromatic heterocycles. The highest BCUT2D eigenvalue weighted by molar-refractivity contribution is 5.56. The Labute approximate surface area is 230 Å². The van der Waals surface area contributed by atoms with Gasteiger partial charge in [-0.1, -0.05) is 94.4 Å². The van der Waals surface area contributed by atoms with Crippen LogP contribution in [0.1, 0.15) is 129 Å². The van der Waals surface area contributed by atoms with Crippen LogP contribution in [-0.4, -0.2) is 19.9 Å². The van der Waals surface area contributed by atoms with Crippen molar-refractivity contribution in [2.24, 2.45) is 0 Å². The first-order valence-electron chi connectivity index (χ1n) is 14.1. The third-order valence-electron chi connectivity index (χ3n) is 7.45. The van der Waals surface area contributed by atoms with Gasteiger partial charge in [0.05, 0.1) is 11.4 Å². The predicted molar refractivity (Wildman–Crippen MR) is 159 cm³/mol. The van der Waals surface area contributed by atoms with Crippen LogP contribution in [0.5, 0.6) is 0 Å². The Bertz CT molecular complexity index is 1290. The Kier molecular flexibility index (Phi) is 7.22. The largest absolute Gasteiger partial charge is 0.340 e. The molecule has 1 aromatic carbocycles. The Hall–Kier alpha value is -2.82. The second-order valence-corrected chi connectivity index (χ2v) is 14.8. The highest BCUT2D eigenvalue weighted by Gasteiger charge is 2.39. The molecule has 0 bridgehead atoms. The van der Waals surface area contributed by atoms with Gasteiger partial charge in [0.1, 0.15) is 17.5 Å². The van der Waals surface area contributed by atoms with Crippen molar-refractivity contribution < 1.29 is 0 Å². The van der Waals surface area contributed by atoms with Gasteiger partial charge >= 0.3 is 0 Å². The molecule has 1 unspecified atom stereocenters. The van der Waals surface area contributed by atoms with Crippen molar-refractivity contribution in [3.63, 3.8) is 0 Å². The van der Waals surface area contributed by atoms with Gasteiger partial charge in [-0.25, -0.2) is 19.9 Å². The fraction of sp³-hybridized carbons (Fsp3) is 0.576. The van der Waals surface area contributed by atoms with Gasteiger partial charge in [0, 0.05) is 39.1 Å². The Balaban J connectivity index is 1.74. The summed E-state index contributed by atoms with van der Waals surface area (Å²) in [6.45, 7) is 24.7. The van der Waals surface area contributed by atoms with Crippen LogP contribution in [0.25, 0.3) is 0 Å². The van der Waals surface area contributed by atoms with Crippen LogP contribution in [0.3, 0.4) is 0 Å². The van der Waals surface area contributed by atoms with Gasteiger partial charge in [-0.05, 0) is 42.9 Å². The van der Waals surface area contributed by atoms with Crippen molar-refractivity contribution in [3.8, 4) is 0 Å². The number of rotatable bonds is 5. The SMILES string of the molecule is CC(C)(C)c1cc(Nc2ccccc2)nc(C(C)(C)CC2CCc3nc(C(C)(C)C)nc(C(C)(C)C)c32)n1. The van der Waals surface area contributed by atoms with E-state index in [1.807, 2.05) is 18.2 Å². The number of nitrogens with one attached hydrogen (secondary N) is 1. The van der Waals surface area contributed by atoms with Gasteiger partial charge in [0.25, 0.3) is 0 Å². The number of hydrogen-bond acceptors (Lipinski definition) is 5. The average molecular weight is 514 g/mol. The third kappa shape index (κ3) is 6.08. The molecule has 38 heavy (non-hydrogen) atoms. The maximum absolute atomic E-state index is 5.19. The van der Waals surface area contributed by atoms with Crippen molar-refractivity contribution in [3.05, 3.63) is 70.7 Å². The molecule has 0 aliphatic heterocycles. The number of anilines is 2. The van der Waals surface area contributed by atoms with E-state index >= 15 is 0 Å². The fourth-order valence-corrected chi connectivity index (χ4v) is 5.28. The first-order valence-corrected chi connectivity index (χ1v) is 14.1. The molecule has 2 heterocycles. The standard InChI is InChI=1S/C33H47N5/c1-30(2,3)24-19-25(34-22-15-13-12-14-16-22)37-29(36-24)33(10,11)20-21-17-18-23-26(21)27(31(4,5)6)38-28(35-23)32(7,8)9/h12-16,19,21H,17-18,20H2,1-11H3,(H,34,36,37). The van der Waals surface area contributed by atoms with Crippen molar-refractivity contribution in [2.45, 2.75) is 123 Å². The lowest BCUT2D eigenvalue weighted by atomic mass is 9.76. The summed E-state index contributed by atoms with van der Waals surface area (Å²) < 4.78 is 0. The molecule has 3 aromatic rings. The minimum Gasteiger partial charge on any atom is -0.340 e. The molecule has 0 saturated carbocycles. The number of aryl methyl sites for hydroxylation is 1. The summed E-state index contributed by atoms with van der Waals surface area (Å²) in [5.41, 5.74) is 5.47. The van der Waals surface area contributed by atoms with Crippen LogP contribution in [0, 0.1) is 0 Å². The van der Waals surface area contributed by atoms with E-state index in [4.69, 9.17) is 19.9 Å². The molecular formula is C33H47N5. The van der Waals surface area contributed by atoms with E-state index in [0.717, 1.165) is 48.1 Å². The van der Waals surface area contributed by atoms with Crippen molar-refractivity contribution in [1.82, 2.24) is 19.9 Å². The normalized spacial score (nSPS) is 16.4. The van der Waals surface area contributed by atoms with Gasteiger partial charge in [-0.3, -0.25) is 0 Å². The summed E-state index contributed by atoms with van der Waals surface area (Å²) >= 11 is 0. The summed E-state index contributed by atoms with van der Waals surface area (Å²) in [4.78, 5) is 20.5. The second kappa shape index (κ2) is 9.73. The fourth-order valence-electron chi connectivity index (χ4n) is 5.28. The van der Waals surface area contributed by atoms with E-state index in [1.54, 1.807) is 0 Å². The summed E-state index contributed by atoms with van der Waals surface area (Å²) in [5.74, 6) is 3.08. The van der Waals surface area contributed by atoms with Gasteiger partial charge in [0.2, 0.25) is 0 Å². The summed E-state index contributed by atoms with van der Waals surface area (Å²) in [6, 6.07) is 12.3. The smallest absolute Gasteiger partial charge is 0.136 e. The van der Waals surface area contributed by atoms with E-state index in [2.05, 4.69) is 99.7 Å². The molecule has 0 spiro atoms. The van der Waals surface area contributed by atoms with E-state index in [9.17, 15) is 0 Å². The Morgan fingerprint density at radius 2 is 1.39 bits per heavy atom. The summed E-state index contributed by atoms with van der Waals surface area (Å²) in [5, 5.41) is 3.52. The molecule has 0 amide bonds. The minimum atomic E-state index is -0.224. The molecule has 4 rings (SSSR count). The Morgan fingerprint density at radius 3 is 1.97 bits per heavy atom. The average Bonchev–Trinajstić information content (AvgIpc) is 3.19. The molecule has 5 nitrogen and oxygen atoms in total. The number of fused-ring (bicyclic) bond motifs is 1. The lowest BCUT2D eigenvalue weighted by molar-refractivity contribution is 0.392. The number of aromatic nitrogens is 4. The summed E-state index contributed by atoms with van der Waals surface area (Å²) in [7, 11) is 0. The quantitative estimate of drug-likeness (QED) is 0.372. The van der Waals surface area contributed by atoms with Gasteiger partial charge in [-0.2, -0.15) is 0 Å². The zero-order valence-electron chi connectivity index (χ0n) is 25.5. The van der Waals surface area contributed by atoms with Crippen LogP contribution in [-0.2, 0) is 28.1 Å². The minimum absolute atomic E-state index is 0.0464. The topological polar surface area (TPSA) is 63.6 Å². The molecule has 1 N–H and O–H groups in total. The molecule has 204 valence electrons. The highest BCUT2D eigenvalue weighted by Crippen LogP contribution is 2.45. The van der Waals surface area contributed by atoms with E-state index in [1.165, 1.54) is 17.0 Å². The molecule has 0 radical (unpaired) electrons. The van der Waals surface area contributed by atoms with Gasteiger partial charge < -0.3 is 5.32 Å². The van der Waals surface area contributed by atoms with Crippen molar-refractivity contribution in [1.29, 1.82) is 0 Å². The van der Waals surface area contributed by atoms with Crippen LogP contribution >= 0.6 is 0 Å². The molecule has 1 aliphatic rings. The highest BCUT2D eigenvalue weighted by atomic mass is 15.0. The number of nitrogens with zero attached hydrogens (tertiary/aromatic N) is 4. The summed E-state index contributed by atoms with van der Waals surface area (Å²) in [6.07, 6.45) is 3.06. The van der Waals surface area contributed by atoms with Gasteiger partial charge in [0.15, 0.2) is 0 Å². The maximum Gasteiger partial charge on any atom is 0.136 e. The molecule has 5 heteroatoms. The zero-order chi connectivity index (χ0) is 28.1. The first kappa shape index (κ1) is 28.2. The van der Waals surface area contributed by atoms with Crippen LogP contribution < -0.4 is 5.32 Å². The lowest BCUT2D eigenvalue weighted by Crippen LogP contribution is -2.28. The monoisotopic (exact) mass is 513 g/mol. The molecular weight excluding hydrogens is 466 g/mol. The van der Waals surface area contributed by atoms with Crippen LogP contribution in [0.15, 0.2) is 36.4 Å². The van der Waals surface area contributed by atoms with Gasteiger partial charge in [-0.15, -0.1) is 0 Å². The Morgan fingerprint density at radius 1 is 0.737 bits per heavy atom. The molecule has 1 atom stereocenters. The number of hydrogen-bond donors (Lipinski definition) is 1. The van der Waals surface area contributed by atoms with Crippen molar-refractivity contribution in [2.75, 3.05) is 5.32 Å². The van der Waals surface area contributed by atoms with E-state index in [-0.39, 0.29) is 21.7 Å². The van der Waals surface area contributed by atoms with Crippen LogP contribution in [0.4, 0.5) is 11.5 Å². The van der Waals surface area contributed by atoms with E-state index in [0.29, 0.717) is 5.92 Å². The second-order valence-electron chi connectivity index (χ2n) is 14.8.